The lowest BCUT2D eigenvalue weighted by Gasteiger charge is -2.08. The molecule has 0 radical (unpaired) electrons. The maximum atomic E-state index is 11.2. The van der Waals surface area contributed by atoms with E-state index in [1.165, 1.54) is 0 Å². The molecule has 2 amide bonds. The van der Waals surface area contributed by atoms with Gasteiger partial charge in [0.1, 0.15) is 0 Å². The molecular formula is C9H12N4O2. The first-order valence-electron chi connectivity index (χ1n) is 4.80. The van der Waals surface area contributed by atoms with Crippen molar-refractivity contribution in [1.29, 1.82) is 0 Å². The summed E-state index contributed by atoms with van der Waals surface area (Å²) in [5.74, 6) is -0.447. The highest BCUT2D eigenvalue weighted by Crippen LogP contribution is 2.00. The molecule has 0 saturated carbocycles. The summed E-state index contributed by atoms with van der Waals surface area (Å²) in [5.41, 5.74) is 0. The minimum absolute atomic E-state index is 0.211. The molecule has 0 spiro atoms. The quantitative estimate of drug-likeness (QED) is 0.615. The van der Waals surface area contributed by atoms with Gasteiger partial charge in [-0.1, -0.05) is 0 Å². The van der Waals surface area contributed by atoms with E-state index in [2.05, 4.69) is 15.7 Å². The molecule has 0 bridgehead atoms. The Morgan fingerprint density at radius 2 is 2.47 bits per heavy atom. The van der Waals surface area contributed by atoms with E-state index in [4.69, 9.17) is 0 Å². The smallest absolute Gasteiger partial charge is 0.244 e. The predicted molar refractivity (Wildman–Crippen MR) is 51.8 cm³/mol. The minimum atomic E-state index is -0.381. The summed E-state index contributed by atoms with van der Waals surface area (Å²) < 4.78 is 1.77. The van der Waals surface area contributed by atoms with Gasteiger partial charge in [-0.25, -0.2) is 0 Å². The van der Waals surface area contributed by atoms with Crippen LogP contribution in [-0.2, 0) is 16.1 Å². The van der Waals surface area contributed by atoms with Gasteiger partial charge in [0.15, 0.2) is 0 Å². The summed E-state index contributed by atoms with van der Waals surface area (Å²) in [6.45, 7) is 1.30. The van der Waals surface area contributed by atoms with E-state index in [1.807, 2.05) is 12.3 Å². The molecule has 1 aromatic heterocycles. The molecule has 2 heterocycles. The van der Waals surface area contributed by atoms with Crippen molar-refractivity contribution >= 4 is 11.8 Å². The Kier molecular flexibility index (Phi) is 2.77. The van der Waals surface area contributed by atoms with Crippen LogP contribution in [0.3, 0.4) is 0 Å². The fraction of sp³-hybridized carbons (Fsp3) is 0.444. The molecule has 1 atom stereocenters. The van der Waals surface area contributed by atoms with E-state index in [0.717, 1.165) is 0 Å². The molecule has 1 aromatic rings. The third-order valence-corrected chi connectivity index (χ3v) is 2.26. The van der Waals surface area contributed by atoms with Crippen LogP contribution in [0.2, 0.25) is 0 Å². The number of carbonyl (C=O) groups is 2. The average Bonchev–Trinajstić information content (AvgIpc) is 2.77. The largest absolute Gasteiger partial charge is 0.304 e. The van der Waals surface area contributed by atoms with Crippen molar-refractivity contribution in [3.63, 3.8) is 0 Å². The highest BCUT2D eigenvalue weighted by molar-refractivity contribution is 6.05. The minimum Gasteiger partial charge on any atom is -0.304 e. The zero-order valence-electron chi connectivity index (χ0n) is 8.14. The second-order valence-electron chi connectivity index (χ2n) is 3.39. The lowest BCUT2D eigenvalue weighted by atomic mass is 10.2. The maximum absolute atomic E-state index is 11.2. The van der Waals surface area contributed by atoms with Crippen molar-refractivity contribution in [2.45, 2.75) is 19.0 Å². The summed E-state index contributed by atoms with van der Waals surface area (Å²) >= 11 is 0. The zero-order valence-corrected chi connectivity index (χ0v) is 8.14. The molecule has 1 saturated heterocycles. The number of hydrogen-bond acceptors (Lipinski definition) is 4. The van der Waals surface area contributed by atoms with E-state index in [9.17, 15) is 9.59 Å². The Balaban J connectivity index is 1.74. The number of nitrogens with one attached hydrogen (secondary N) is 2. The standard InChI is InChI=1S/C9H12N4O2/c14-8-6-7(9(15)12-8)10-3-5-13-4-1-2-11-13/h1-2,4,7,10H,3,5-6H2,(H,12,14,15). The maximum Gasteiger partial charge on any atom is 0.244 e. The van der Waals surface area contributed by atoms with Crippen LogP contribution in [0.15, 0.2) is 18.5 Å². The van der Waals surface area contributed by atoms with Crippen LogP contribution in [0.4, 0.5) is 0 Å². The molecule has 2 N–H and O–H groups in total. The van der Waals surface area contributed by atoms with Crippen molar-refractivity contribution in [3.8, 4) is 0 Å². The molecule has 0 aliphatic carbocycles. The van der Waals surface area contributed by atoms with Crippen LogP contribution >= 0.6 is 0 Å². The zero-order chi connectivity index (χ0) is 10.7. The first-order chi connectivity index (χ1) is 7.25. The van der Waals surface area contributed by atoms with Crippen LogP contribution < -0.4 is 10.6 Å². The molecule has 15 heavy (non-hydrogen) atoms. The van der Waals surface area contributed by atoms with Crippen molar-refractivity contribution in [3.05, 3.63) is 18.5 Å². The SMILES string of the molecule is O=C1CC(NCCn2cccn2)C(=O)N1. The Bertz CT molecular complexity index is 360. The summed E-state index contributed by atoms with van der Waals surface area (Å²) in [6, 6.07) is 1.46. The van der Waals surface area contributed by atoms with E-state index >= 15 is 0 Å². The lowest BCUT2D eigenvalue weighted by Crippen LogP contribution is -2.37. The van der Waals surface area contributed by atoms with Gasteiger partial charge >= 0.3 is 0 Å². The summed E-state index contributed by atoms with van der Waals surface area (Å²) in [6.07, 6.45) is 3.78. The third kappa shape index (κ3) is 2.41. The van der Waals surface area contributed by atoms with Crippen LogP contribution in [0.25, 0.3) is 0 Å². The van der Waals surface area contributed by atoms with Gasteiger partial charge < -0.3 is 5.32 Å². The number of amides is 2. The van der Waals surface area contributed by atoms with Crippen LogP contribution in [0.1, 0.15) is 6.42 Å². The predicted octanol–water partition coefficient (Wildman–Crippen LogP) is -1.11. The molecule has 0 aromatic carbocycles. The number of imide groups is 1. The third-order valence-electron chi connectivity index (χ3n) is 2.26. The first-order valence-corrected chi connectivity index (χ1v) is 4.80. The van der Waals surface area contributed by atoms with E-state index in [-0.39, 0.29) is 24.3 Å². The van der Waals surface area contributed by atoms with Crippen molar-refractivity contribution in [1.82, 2.24) is 20.4 Å². The highest BCUT2D eigenvalue weighted by atomic mass is 16.2. The second kappa shape index (κ2) is 4.22. The topological polar surface area (TPSA) is 76.0 Å². The summed E-state index contributed by atoms with van der Waals surface area (Å²) in [5, 5.41) is 9.28. The van der Waals surface area contributed by atoms with Gasteiger partial charge in [0.05, 0.1) is 19.0 Å². The molecule has 1 unspecified atom stereocenters. The number of carbonyl (C=O) groups excluding carboxylic acids is 2. The summed E-state index contributed by atoms with van der Waals surface area (Å²) in [7, 11) is 0. The number of rotatable bonds is 4. The average molecular weight is 208 g/mol. The van der Waals surface area contributed by atoms with Gasteiger partial charge in [0, 0.05) is 18.9 Å². The first kappa shape index (κ1) is 9.85. The van der Waals surface area contributed by atoms with Crippen LogP contribution in [-0.4, -0.2) is 34.2 Å². The molecule has 2 rings (SSSR count). The van der Waals surface area contributed by atoms with Gasteiger partial charge in [-0.05, 0) is 6.07 Å². The molecule has 1 fully saturated rings. The second-order valence-corrected chi connectivity index (χ2v) is 3.39. The molecule has 80 valence electrons. The Hall–Kier alpha value is -1.69. The fourth-order valence-corrected chi connectivity index (χ4v) is 1.50. The molecule has 1 aliphatic rings. The van der Waals surface area contributed by atoms with E-state index in [1.54, 1.807) is 10.9 Å². The van der Waals surface area contributed by atoms with Gasteiger partial charge in [-0.15, -0.1) is 0 Å². The normalized spacial score (nSPS) is 20.7. The number of nitrogens with zero attached hydrogens (tertiary/aromatic N) is 2. The molecule has 6 nitrogen and oxygen atoms in total. The van der Waals surface area contributed by atoms with Crippen molar-refractivity contribution in [2.24, 2.45) is 0 Å². The van der Waals surface area contributed by atoms with E-state index in [0.29, 0.717) is 13.1 Å². The van der Waals surface area contributed by atoms with Crippen molar-refractivity contribution < 1.29 is 9.59 Å². The monoisotopic (exact) mass is 208 g/mol. The number of hydrogen-bond donors (Lipinski definition) is 2. The fourth-order valence-electron chi connectivity index (χ4n) is 1.50. The van der Waals surface area contributed by atoms with Gasteiger partial charge in [0.2, 0.25) is 11.8 Å². The highest BCUT2D eigenvalue weighted by Gasteiger charge is 2.29. The van der Waals surface area contributed by atoms with Gasteiger partial charge in [-0.2, -0.15) is 5.10 Å². The van der Waals surface area contributed by atoms with Crippen LogP contribution in [0, 0.1) is 0 Å². The van der Waals surface area contributed by atoms with E-state index < -0.39 is 0 Å². The molecule has 6 heteroatoms. The molecule has 1 aliphatic heterocycles. The summed E-state index contributed by atoms with van der Waals surface area (Å²) in [4.78, 5) is 22.0. The Morgan fingerprint density at radius 3 is 3.07 bits per heavy atom. The van der Waals surface area contributed by atoms with Crippen LogP contribution in [0.5, 0.6) is 0 Å². The van der Waals surface area contributed by atoms with Gasteiger partial charge in [-0.3, -0.25) is 19.6 Å². The Labute approximate surface area is 86.6 Å². The lowest BCUT2D eigenvalue weighted by molar-refractivity contribution is -0.125. The van der Waals surface area contributed by atoms with Crippen molar-refractivity contribution in [2.75, 3.05) is 6.54 Å². The molecular weight excluding hydrogens is 196 g/mol. The Morgan fingerprint density at radius 1 is 1.60 bits per heavy atom. The van der Waals surface area contributed by atoms with Gasteiger partial charge in [0.25, 0.3) is 0 Å². The number of aromatic nitrogens is 2.